The Kier molecular flexibility index (Phi) is 7.25. The fourth-order valence-corrected chi connectivity index (χ4v) is 3.50. The summed E-state index contributed by atoms with van der Waals surface area (Å²) in [5.74, 6) is -1.15. The Morgan fingerprint density at radius 3 is 2.65 bits per heavy atom. The first-order chi connectivity index (χ1) is 14.8. The summed E-state index contributed by atoms with van der Waals surface area (Å²) in [5, 5.41) is 3.00. The van der Waals surface area contributed by atoms with Crippen LogP contribution >= 0.6 is 23.2 Å². The summed E-state index contributed by atoms with van der Waals surface area (Å²) in [7, 11) is 3.01. The topological polar surface area (TPSA) is 94.2 Å². The van der Waals surface area contributed by atoms with Gasteiger partial charge in [-0.25, -0.2) is 0 Å². The lowest BCUT2D eigenvalue weighted by molar-refractivity contribution is -0.151. The first-order valence-electron chi connectivity index (χ1n) is 9.27. The van der Waals surface area contributed by atoms with Crippen LogP contribution in [0.2, 0.25) is 10.0 Å². The number of rotatable bonds is 7. The summed E-state index contributed by atoms with van der Waals surface area (Å²) in [6, 6.07) is 9.82. The summed E-state index contributed by atoms with van der Waals surface area (Å²) < 4.78 is 15.6. The molecule has 1 N–H and O–H groups in total. The summed E-state index contributed by atoms with van der Waals surface area (Å²) in [6.45, 7) is -0.402. The second-order valence-corrected chi connectivity index (χ2v) is 7.49. The van der Waals surface area contributed by atoms with E-state index in [-0.39, 0.29) is 28.9 Å². The highest BCUT2D eigenvalue weighted by molar-refractivity contribution is 6.44. The normalized spacial score (nSPS) is 15.5. The maximum Gasteiger partial charge on any atom is 0.311 e. The van der Waals surface area contributed by atoms with Crippen LogP contribution in [0.15, 0.2) is 36.4 Å². The third kappa shape index (κ3) is 5.21. The molecule has 2 aromatic carbocycles. The van der Waals surface area contributed by atoms with Crippen molar-refractivity contribution in [1.29, 1.82) is 0 Å². The van der Waals surface area contributed by atoms with Gasteiger partial charge < -0.3 is 24.4 Å². The number of methoxy groups -OCH3 is 2. The number of hydrogen-bond acceptors (Lipinski definition) is 6. The molecular weight excluding hydrogens is 447 g/mol. The number of esters is 1. The van der Waals surface area contributed by atoms with Crippen LogP contribution in [0.5, 0.6) is 11.5 Å². The monoisotopic (exact) mass is 466 g/mol. The lowest BCUT2D eigenvalue weighted by atomic mass is 10.1. The van der Waals surface area contributed by atoms with Gasteiger partial charge in [-0.2, -0.15) is 0 Å². The molecule has 3 rings (SSSR count). The molecule has 31 heavy (non-hydrogen) atoms. The van der Waals surface area contributed by atoms with Gasteiger partial charge in [0, 0.05) is 19.0 Å². The minimum atomic E-state index is -0.707. The maximum atomic E-state index is 12.5. The Bertz CT molecular complexity index is 1010. The van der Waals surface area contributed by atoms with Crippen LogP contribution < -0.4 is 19.7 Å². The Morgan fingerprint density at radius 1 is 1.16 bits per heavy atom. The lowest BCUT2D eigenvalue weighted by Gasteiger charge is -2.20. The lowest BCUT2D eigenvalue weighted by Crippen LogP contribution is -2.28. The van der Waals surface area contributed by atoms with Crippen molar-refractivity contribution in [1.82, 2.24) is 0 Å². The smallest absolute Gasteiger partial charge is 0.311 e. The van der Waals surface area contributed by atoms with E-state index in [1.165, 1.54) is 19.1 Å². The van der Waals surface area contributed by atoms with Gasteiger partial charge in [-0.15, -0.1) is 0 Å². The predicted molar refractivity (Wildman–Crippen MR) is 116 cm³/mol. The van der Waals surface area contributed by atoms with Gasteiger partial charge in [-0.3, -0.25) is 14.4 Å². The minimum absolute atomic E-state index is 0.0320. The number of nitrogens with one attached hydrogen (secondary N) is 1. The van der Waals surface area contributed by atoms with Crippen molar-refractivity contribution < 1.29 is 28.6 Å². The average Bonchev–Trinajstić information content (AvgIpc) is 3.16. The van der Waals surface area contributed by atoms with Crippen LogP contribution in [-0.4, -0.2) is 45.2 Å². The highest BCUT2D eigenvalue weighted by atomic mass is 35.5. The van der Waals surface area contributed by atoms with Crippen molar-refractivity contribution in [2.24, 2.45) is 5.92 Å². The van der Waals surface area contributed by atoms with Gasteiger partial charge >= 0.3 is 5.97 Å². The summed E-state index contributed by atoms with van der Waals surface area (Å²) in [5.41, 5.74) is 0.834. The zero-order chi connectivity index (χ0) is 22.5. The molecule has 0 aliphatic carbocycles. The summed E-state index contributed by atoms with van der Waals surface area (Å²) in [6.07, 6.45) is -0.0320. The molecule has 0 radical (unpaired) electrons. The number of carbonyl (C=O) groups excluding carboxylic acids is 3. The van der Waals surface area contributed by atoms with Crippen LogP contribution in [0.3, 0.4) is 0 Å². The van der Waals surface area contributed by atoms with E-state index in [1.54, 1.807) is 36.4 Å². The van der Waals surface area contributed by atoms with Gasteiger partial charge in [0.25, 0.3) is 5.91 Å². The molecule has 1 aliphatic heterocycles. The quantitative estimate of drug-likeness (QED) is 0.627. The molecule has 0 saturated carbocycles. The fourth-order valence-electron chi connectivity index (χ4n) is 3.15. The highest BCUT2D eigenvalue weighted by Gasteiger charge is 2.37. The van der Waals surface area contributed by atoms with E-state index in [9.17, 15) is 14.4 Å². The maximum absolute atomic E-state index is 12.5. The summed E-state index contributed by atoms with van der Waals surface area (Å²) in [4.78, 5) is 38.5. The van der Waals surface area contributed by atoms with Gasteiger partial charge in [0.15, 0.2) is 6.61 Å². The predicted octanol–water partition coefficient (Wildman–Crippen LogP) is 3.55. The zero-order valence-corrected chi connectivity index (χ0v) is 18.3. The second-order valence-electron chi connectivity index (χ2n) is 6.70. The molecule has 10 heteroatoms. The molecule has 2 amide bonds. The van der Waals surface area contributed by atoms with Crippen LogP contribution in [0.4, 0.5) is 11.4 Å². The van der Waals surface area contributed by atoms with E-state index in [4.69, 9.17) is 37.4 Å². The van der Waals surface area contributed by atoms with Gasteiger partial charge in [-0.05, 0) is 24.3 Å². The number of hydrogen-bond donors (Lipinski definition) is 1. The number of benzene rings is 2. The Labute approximate surface area is 189 Å². The number of nitrogens with zero attached hydrogens (tertiary/aromatic N) is 1. The number of halogens is 2. The molecule has 0 unspecified atom stereocenters. The van der Waals surface area contributed by atoms with Crippen molar-refractivity contribution in [3.05, 3.63) is 46.4 Å². The first kappa shape index (κ1) is 22.7. The molecule has 8 nitrogen and oxygen atoms in total. The zero-order valence-electron chi connectivity index (χ0n) is 16.8. The first-order valence-corrected chi connectivity index (χ1v) is 10.0. The highest BCUT2D eigenvalue weighted by Crippen LogP contribution is 2.36. The van der Waals surface area contributed by atoms with Crippen molar-refractivity contribution in [2.45, 2.75) is 6.42 Å². The van der Waals surface area contributed by atoms with Gasteiger partial charge in [0.2, 0.25) is 5.91 Å². The van der Waals surface area contributed by atoms with Crippen LogP contribution in [-0.2, 0) is 19.1 Å². The van der Waals surface area contributed by atoms with Crippen LogP contribution in [0, 0.1) is 5.92 Å². The molecule has 0 spiro atoms. The van der Waals surface area contributed by atoms with E-state index < -0.39 is 24.4 Å². The Hall–Kier alpha value is -2.97. The van der Waals surface area contributed by atoms with Gasteiger partial charge in [-0.1, -0.05) is 29.3 Å². The SMILES string of the molecule is COc1ccc(N2C[C@@H](C(=O)OCC(=O)Nc3cccc(Cl)c3Cl)CC2=O)c(OC)c1. The third-order valence-corrected chi connectivity index (χ3v) is 5.53. The molecule has 1 fully saturated rings. The fraction of sp³-hybridized carbons (Fsp3) is 0.286. The molecular formula is C21H20Cl2N2O6. The molecule has 0 bridgehead atoms. The third-order valence-electron chi connectivity index (χ3n) is 4.71. The van der Waals surface area contributed by atoms with E-state index in [0.29, 0.717) is 22.9 Å². The average molecular weight is 467 g/mol. The molecule has 1 saturated heterocycles. The molecule has 2 aromatic rings. The van der Waals surface area contributed by atoms with Crippen LogP contribution in [0.1, 0.15) is 6.42 Å². The van der Waals surface area contributed by atoms with Crippen molar-refractivity contribution in [3.63, 3.8) is 0 Å². The van der Waals surface area contributed by atoms with E-state index in [2.05, 4.69) is 5.32 Å². The Balaban J connectivity index is 1.59. The molecule has 1 heterocycles. The number of ether oxygens (including phenoxy) is 3. The molecule has 0 aromatic heterocycles. The minimum Gasteiger partial charge on any atom is -0.497 e. The molecule has 1 aliphatic rings. The summed E-state index contributed by atoms with van der Waals surface area (Å²) >= 11 is 11.9. The largest absolute Gasteiger partial charge is 0.497 e. The number of carbonyl (C=O) groups is 3. The van der Waals surface area contributed by atoms with E-state index >= 15 is 0 Å². The van der Waals surface area contributed by atoms with Gasteiger partial charge in [0.05, 0.1) is 41.6 Å². The van der Waals surface area contributed by atoms with Crippen molar-refractivity contribution in [3.8, 4) is 11.5 Å². The molecule has 1 atom stereocenters. The molecule has 164 valence electrons. The van der Waals surface area contributed by atoms with Crippen LogP contribution in [0.25, 0.3) is 0 Å². The van der Waals surface area contributed by atoms with E-state index in [0.717, 1.165) is 0 Å². The van der Waals surface area contributed by atoms with Crippen molar-refractivity contribution in [2.75, 3.05) is 37.6 Å². The van der Waals surface area contributed by atoms with E-state index in [1.807, 2.05) is 0 Å². The van der Waals surface area contributed by atoms with Gasteiger partial charge in [0.1, 0.15) is 11.5 Å². The number of anilines is 2. The number of amides is 2. The Morgan fingerprint density at radius 2 is 1.94 bits per heavy atom. The standard InChI is InChI=1S/C21H20Cl2N2O6/c1-29-13-6-7-16(17(9-13)30-2)25-10-12(8-19(25)27)21(28)31-11-18(26)24-15-5-3-4-14(22)20(15)23/h3-7,9,12H,8,10-11H2,1-2H3,(H,24,26)/t12-/m0/s1. The van der Waals surface area contributed by atoms with Crippen molar-refractivity contribution >= 4 is 52.4 Å². The second kappa shape index (κ2) is 9.89.